The summed E-state index contributed by atoms with van der Waals surface area (Å²) in [7, 11) is -2.10. The molecular weight excluding hydrogens is 203 g/mol. The van der Waals surface area contributed by atoms with Gasteiger partial charge in [0.2, 0.25) is 0 Å². The molecule has 2 heterocycles. The first kappa shape index (κ1) is 11.0. The van der Waals surface area contributed by atoms with Crippen molar-refractivity contribution < 1.29 is 4.57 Å². The molecule has 1 nitrogen and oxygen atoms in total. The van der Waals surface area contributed by atoms with Crippen molar-refractivity contribution in [1.29, 1.82) is 0 Å². The van der Waals surface area contributed by atoms with Gasteiger partial charge in [-0.1, -0.05) is 44.1 Å². The van der Waals surface area contributed by atoms with Gasteiger partial charge in [0.1, 0.15) is 7.14 Å². The van der Waals surface area contributed by atoms with Crippen molar-refractivity contribution in [2.75, 3.05) is 6.16 Å². The topological polar surface area (TPSA) is 17.1 Å². The van der Waals surface area contributed by atoms with Gasteiger partial charge in [0.15, 0.2) is 0 Å². The predicted molar refractivity (Wildman–Crippen MR) is 66.5 cm³/mol. The van der Waals surface area contributed by atoms with E-state index < -0.39 is 7.14 Å². The molecule has 15 heavy (non-hydrogen) atoms. The number of unbranched alkanes of at least 4 members (excludes halogenated alkanes) is 2. The van der Waals surface area contributed by atoms with Gasteiger partial charge < -0.3 is 4.57 Å². The average molecular weight is 222 g/mol. The van der Waals surface area contributed by atoms with Crippen LogP contribution in [0.15, 0.2) is 34.9 Å². The fourth-order valence-corrected chi connectivity index (χ4v) is 5.63. The normalized spacial score (nSPS) is 22.2. The van der Waals surface area contributed by atoms with Gasteiger partial charge in [-0.05, 0) is 29.9 Å². The van der Waals surface area contributed by atoms with Gasteiger partial charge in [-0.15, -0.1) is 0 Å². The largest absolute Gasteiger partial charge is 0.314 e. The summed E-state index contributed by atoms with van der Waals surface area (Å²) in [6.45, 7) is 2.19. The Morgan fingerprint density at radius 2 is 1.73 bits per heavy atom. The van der Waals surface area contributed by atoms with Gasteiger partial charge in [0, 0.05) is 6.16 Å². The summed E-state index contributed by atoms with van der Waals surface area (Å²) in [6.07, 6.45) is 14.7. The van der Waals surface area contributed by atoms with Gasteiger partial charge in [0.25, 0.3) is 0 Å². The van der Waals surface area contributed by atoms with E-state index in [1.165, 1.54) is 23.5 Å². The van der Waals surface area contributed by atoms with E-state index >= 15 is 0 Å². The van der Waals surface area contributed by atoms with Gasteiger partial charge in [-0.2, -0.15) is 0 Å². The van der Waals surface area contributed by atoms with Crippen LogP contribution in [-0.2, 0) is 4.57 Å². The van der Waals surface area contributed by atoms with Crippen LogP contribution < -0.4 is 0 Å². The fourth-order valence-electron chi connectivity index (χ4n) is 2.41. The third-order valence-corrected chi connectivity index (χ3v) is 6.88. The highest BCUT2D eigenvalue weighted by Crippen LogP contribution is 2.69. The molecule has 0 aromatic carbocycles. The highest BCUT2D eigenvalue weighted by atomic mass is 31.2. The molecule has 2 aliphatic heterocycles. The lowest BCUT2D eigenvalue weighted by molar-refractivity contribution is 0.581. The average Bonchev–Trinajstić information content (AvgIpc) is 2.37. The highest BCUT2D eigenvalue weighted by molar-refractivity contribution is 7.72. The van der Waals surface area contributed by atoms with Crippen molar-refractivity contribution in [3.8, 4) is 0 Å². The van der Waals surface area contributed by atoms with Gasteiger partial charge in [-0.25, -0.2) is 0 Å². The van der Waals surface area contributed by atoms with Crippen molar-refractivity contribution in [2.24, 2.45) is 0 Å². The molecule has 0 radical (unpaired) electrons. The molecule has 0 aliphatic carbocycles. The smallest absolute Gasteiger partial charge is 0.135 e. The molecule has 0 N–H and O–H groups in total. The summed E-state index contributed by atoms with van der Waals surface area (Å²) in [6, 6.07) is 0. The molecule has 0 atom stereocenters. The zero-order valence-electron chi connectivity index (χ0n) is 9.41. The number of fused-ring (bicyclic) bond motifs is 2. The Morgan fingerprint density at radius 1 is 1.13 bits per heavy atom. The molecule has 1 saturated heterocycles. The lowest BCUT2D eigenvalue weighted by atomic mass is 10.2. The first-order valence-corrected chi connectivity index (χ1v) is 7.83. The van der Waals surface area contributed by atoms with Crippen LogP contribution in [0.5, 0.6) is 0 Å². The number of hydrogen-bond donors (Lipinski definition) is 0. The second-order valence-corrected chi connectivity index (χ2v) is 7.45. The molecule has 2 rings (SSSR count). The van der Waals surface area contributed by atoms with Crippen LogP contribution in [-0.4, -0.2) is 6.16 Å². The predicted octanol–water partition coefficient (Wildman–Crippen LogP) is 4.67. The molecule has 2 aliphatic rings. The zero-order chi connectivity index (χ0) is 10.7. The maximum Gasteiger partial charge on any atom is 0.135 e. The van der Waals surface area contributed by atoms with Crippen molar-refractivity contribution in [3.63, 3.8) is 0 Å². The summed E-state index contributed by atoms with van der Waals surface area (Å²) in [4.78, 5) is 0. The van der Waals surface area contributed by atoms with Gasteiger partial charge in [0.05, 0.1) is 0 Å². The van der Waals surface area contributed by atoms with E-state index in [-0.39, 0.29) is 0 Å². The molecule has 0 saturated carbocycles. The molecule has 0 amide bonds. The Kier molecular flexibility index (Phi) is 3.31. The maximum absolute atomic E-state index is 12.9. The van der Waals surface area contributed by atoms with Crippen LogP contribution >= 0.6 is 7.14 Å². The second kappa shape index (κ2) is 4.53. The lowest BCUT2D eigenvalue weighted by Gasteiger charge is -2.14. The summed E-state index contributed by atoms with van der Waals surface area (Å²) in [5.41, 5.74) is 0. The van der Waals surface area contributed by atoms with Gasteiger partial charge >= 0.3 is 0 Å². The molecule has 0 aromatic heterocycles. The molecule has 0 aromatic rings. The van der Waals surface area contributed by atoms with Crippen LogP contribution in [0.1, 0.15) is 39.0 Å². The van der Waals surface area contributed by atoms with E-state index in [1.54, 1.807) is 0 Å². The molecule has 82 valence electrons. The van der Waals surface area contributed by atoms with E-state index in [9.17, 15) is 4.57 Å². The fraction of sp³-hybridized carbons (Fsp3) is 0.538. The van der Waals surface area contributed by atoms with Crippen LogP contribution in [0, 0.1) is 0 Å². The quantitative estimate of drug-likeness (QED) is 0.499. The minimum Gasteiger partial charge on any atom is -0.314 e. The van der Waals surface area contributed by atoms with E-state index in [0.717, 1.165) is 25.4 Å². The number of allylic oxidation sites excluding steroid dienone is 6. The summed E-state index contributed by atoms with van der Waals surface area (Å²) < 4.78 is 12.9. The minimum atomic E-state index is -2.10. The van der Waals surface area contributed by atoms with Crippen LogP contribution in [0.4, 0.5) is 0 Å². The van der Waals surface area contributed by atoms with E-state index in [4.69, 9.17) is 0 Å². The molecular formula is C13H19OP. The first-order valence-electron chi connectivity index (χ1n) is 5.94. The van der Waals surface area contributed by atoms with E-state index in [1.807, 2.05) is 12.2 Å². The van der Waals surface area contributed by atoms with Gasteiger partial charge in [-0.3, -0.25) is 0 Å². The number of rotatable bonds is 4. The summed E-state index contributed by atoms with van der Waals surface area (Å²) in [5.74, 6) is 0. The number of hydrogen-bond acceptors (Lipinski definition) is 1. The van der Waals surface area contributed by atoms with Crippen molar-refractivity contribution in [1.82, 2.24) is 0 Å². The van der Waals surface area contributed by atoms with Crippen molar-refractivity contribution in [3.05, 3.63) is 34.9 Å². The third-order valence-electron chi connectivity index (χ3n) is 3.33. The highest BCUT2D eigenvalue weighted by Gasteiger charge is 2.36. The Hall–Kier alpha value is -0.550. The molecule has 1 fully saturated rings. The van der Waals surface area contributed by atoms with E-state index in [2.05, 4.69) is 19.1 Å². The third kappa shape index (κ3) is 2.03. The minimum absolute atomic E-state index is 0.903. The zero-order valence-corrected chi connectivity index (χ0v) is 10.3. The molecule has 0 spiro atoms. The van der Waals surface area contributed by atoms with Crippen LogP contribution in [0.25, 0.3) is 0 Å². The van der Waals surface area contributed by atoms with Crippen LogP contribution in [0.2, 0.25) is 0 Å². The van der Waals surface area contributed by atoms with Crippen molar-refractivity contribution >= 4 is 7.14 Å². The van der Waals surface area contributed by atoms with Crippen molar-refractivity contribution in [2.45, 2.75) is 39.0 Å². The van der Waals surface area contributed by atoms with Crippen LogP contribution in [0.3, 0.4) is 0 Å². The summed E-state index contributed by atoms with van der Waals surface area (Å²) >= 11 is 0. The monoisotopic (exact) mass is 222 g/mol. The molecule has 0 unspecified atom stereocenters. The lowest BCUT2D eigenvalue weighted by Crippen LogP contribution is -1.89. The Bertz CT molecular complexity index is 346. The van der Waals surface area contributed by atoms with E-state index in [0.29, 0.717) is 0 Å². The Morgan fingerprint density at radius 3 is 2.27 bits per heavy atom. The maximum atomic E-state index is 12.9. The SMILES string of the molecule is CCCCCP1(=O)C2=CC=CC=C1CC2. The first-order chi connectivity index (χ1) is 7.27. The molecule has 2 bridgehead atoms. The summed E-state index contributed by atoms with van der Waals surface area (Å²) in [5, 5.41) is 2.44. The molecule has 2 heteroatoms. The Balaban J connectivity index is 2.18. The Labute approximate surface area is 92.3 Å². The second-order valence-electron chi connectivity index (χ2n) is 4.37. The standard InChI is InChI=1S/C13H19OP/c1-2-3-6-11-15(14)12-7-4-5-8-13(15)10-9-12/h4-5,7-8H,2-3,6,9-11H2,1H3.